The molecule has 2 rings (SSSR count). The molecule has 1 aromatic rings. The molecule has 0 saturated heterocycles. The fourth-order valence-corrected chi connectivity index (χ4v) is 1.97. The highest BCUT2D eigenvalue weighted by molar-refractivity contribution is 6.31. The Labute approximate surface area is 100 Å². The van der Waals surface area contributed by atoms with E-state index in [1.54, 1.807) is 6.07 Å². The van der Waals surface area contributed by atoms with Crippen LogP contribution in [-0.4, -0.2) is 11.9 Å². The van der Waals surface area contributed by atoms with Crippen molar-refractivity contribution in [2.24, 2.45) is 5.92 Å². The Morgan fingerprint density at radius 3 is 2.81 bits per heavy atom. The monoisotopic (exact) mass is 238 g/mol. The Balaban J connectivity index is 2.36. The molecule has 1 aromatic carbocycles. The van der Waals surface area contributed by atoms with E-state index in [2.05, 4.69) is 24.5 Å². The first-order chi connectivity index (χ1) is 7.56. The van der Waals surface area contributed by atoms with Gasteiger partial charge in [0, 0.05) is 17.5 Å². The van der Waals surface area contributed by atoms with Gasteiger partial charge in [0.25, 0.3) is 0 Å². The first kappa shape index (κ1) is 11.3. The number of hydrogen-bond donors (Lipinski definition) is 2. The van der Waals surface area contributed by atoms with Crippen molar-refractivity contribution in [2.75, 3.05) is 10.6 Å². The minimum absolute atomic E-state index is 0.0484. The average Bonchev–Trinajstić information content (AvgIpc) is 2.36. The van der Waals surface area contributed by atoms with Crippen LogP contribution in [0.3, 0.4) is 0 Å². The molecule has 4 heteroatoms. The Bertz CT molecular complexity index is 417. The van der Waals surface area contributed by atoms with Crippen LogP contribution in [0, 0.1) is 5.92 Å². The number of halogens is 1. The number of anilines is 2. The van der Waals surface area contributed by atoms with Crippen molar-refractivity contribution in [1.82, 2.24) is 0 Å². The van der Waals surface area contributed by atoms with Crippen LogP contribution in [0.2, 0.25) is 5.02 Å². The third kappa shape index (κ3) is 2.30. The molecule has 0 aromatic heterocycles. The molecule has 1 aliphatic heterocycles. The smallest absolute Gasteiger partial charge is 0.226 e. The van der Waals surface area contributed by atoms with Crippen molar-refractivity contribution in [1.29, 1.82) is 0 Å². The highest BCUT2D eigenvalue weighted by atomic mass is 35.5. The van der Waals surface area contributed by atoms with Gasteiger partial charge in [-0.05, 0) is 24.1 Å². The average molecular weight is 239 g/mol. The Morgan fingerprint density at radius 2 is 2.12 bits per heavy atom. The summed E-state index contributed by atoms with van der Waals surface area (Å²) in [5, 5.41) is 6.91. The lowest BCUT2D eigenvalue weighted by atomic mass is 10.0. The van der Waals surface area contributed by atoms with Gasteiger partial charge in [0.05, 0.1) is 11.4 Å². The molecular formula is C12H15ClN2O. The van der Waals surface area contributed by atoms with Gasteiger partial charge in [-0.1, -0.05) is 25.4 Å². The quantitative estimate of drug-likeness (QED) is 0.789. The molecule has 1 atom stereocenters. The number of carbonyl (C=O) groups is 1. The number of rotatable bonds is 1. The van der Waals surface area contributed by atoms with Gasteiger partial charge in [0.2, 0.25) is 5.91 Å². The Morgan fingerprint density at radius 1 is 1.38 bits per heavy atom. The molecule has 0 saturated carbocycles. The summed E-state index contributed by atoms with van der Waals surface area (Å²) >= 11 is 5.94. The first-order valence-electron chi connectivity index (χ1n) is 5.42. The van der Waals surface area contributed by atoms with Crippen LogP contribution in [-0.2, 0) is 4.79 Å². The Kier molecular flexibility index (Phi) is 3.06. The maximum absolute atomic E-state index is 11.7. The van der Waals surface area contributed by atoms with Crippen molar-refractivity contribution >= 4 is 28.9 Å². The molecule has 1 aliphatic rings. The van der Waals surface area contributed by atoms with Crippen LogP contribution in [0.4, 0.5) is 11.4 Å². The maximum atomic E-state index is 11.7. The van der Waals surface area contributed by atoms with E-state index >= 15 is 0 Å². The van der Waals surface area contributed by atoms with Gasteiger partial charge in [-0.2, -0.15) is 0 Å². The number of nitrogens with one attached hydrogen (secondary N) is 2. The summed E-state index contributed by atoms with van der Waals surface area (Å²) in [5.41, 5.74) is 1.70. The second-order valence-electron chi connectivity index (χ2n) is 4.44. The molecule has 1 amide bonds. The van der Waals surface area contributed by atoms with Crippen LogP contribution in [0.15, 0.2) is 18.2 Å². The van der Waals surface area contributed by atoms with Gasteiger partial charge in [-0.25, -0.2) is 0 Å². The molecule has 0 bridgehead atoms. The zero-order valence-electron chi connectivity index (χ0n) is 9.38. The third-order valence-corrected chi connectivity index (χ3v) is 3.04. The van der Waals surface area contributed by atoms with Gasteiger partial charge in [-0.15, -0.1) is 0 Å². The number of hydrogen-bond acceptors (Lipinski definition) is 2. The van der Waals surface area contributed by atoms with Crippen LogP contribution in [0.1, 0.15) is 20.3 Å². The number of carbonyl (C=O) groups excluding carboxylic acids is 1. The predicted octanol–water partition coefficient (Wildman–Crippen LogP) is 3.12. The lowest BCUT2D eigenvalue weighted by Gasteiger charge is -2.20. The van der Waals surface area contributed by atoms with Crippen LogP contribution in [0.5, 0.6) is 0 Å². The molecule has 0 aliphatic carbocycles. The molecule has 2 N–H and O–H groups in total. The fraction of sp³-hybridized carbons (Fsp3) is 0.417. The van der Waals surface area contributed by atoms with Crippen molar-refractivity contribution in [2.45, 2.75) is 26.3 Å². The molecule has 86 valence electrons. The molecule has 0 spiro atoms. The van der Waals surface area contributed by atoms with E-state index in [1.165, 1.54) is 0 Å². The van der Waals surface area contributed by atoms with Gasteiger partial charge in [0.1, 0.15) is 0 Å². The highest BCUT2D eigenvalue weighted by Crippen LogP contribution is 2.30. The summed E-state index contributed by atoms with van der Waals surface area (Å²) < 4.78 is 0. The molecular weight excluding hydrogens is 224 g/mol. The lowest BCUT2D eigenvalue weighted by Crippen LogP contribution is -2.27. The van der Waals surface area contributed by atoms with Gasteiger partial charge in [-0.3, -0.25) is 4.79 Å². The third-order valence-electron chi connectivity index (χ3n) is 2.81. The van der Waals surface area contributed by atoms with Crippen molar-refractivity contribution < 1.29 is 4.79 Å². The van der Waals surface area contributed by atoms with Gasteiger partial charge in [0.15, 0.2) is 0 Å². The second-order valence-corrected chi connectivity index (χ2v) is 4.87. The molecule has 0 fully saturated rings. The second kappa shape index (κ2) is 4.34. The first-order valence-corrected chi connectivity index (χ1v) is 5.80. The molecule has 1 heterocycles. The van der Waals surface area contributed by atoms with Crippen molar-refractivity contribution in [3.8, 4) is 0 Å². The number of fused-ring (bicyclic) bond motifs is 1. The predicted molar refractivity (Wildman–Crippen MR) is 66.9 cm³/mol. The molecule has 3 nitrogen and oxygen atoms in total. The summed E-state index contributed by atoms with van der Waals surface area (Å²) in [6.07, 6.45) is 0.490. The Hall–Kier alpha value is -1.22. The van der Waals surface area contributed by atoms with E-state index in [4.69, 9.17) is 11.6 Å². The normalized spacial score (nSPS) is 19.8. The van der Waals surface area contributed by atoms with E-state index in [0.29, 0.717) is 17.4 Å². The topological polar surface area (TPSA) is 41.1 Å². The van der Waals surface area contributed by atoms with Crippen LogP contribution < -0.4 is 10.6 Å². The SMILES string of the molecule is CC(C)C1CC(=O)Nc2ccc(Cl)cc2N1. The summed E-state index contributed by atoms with van der Waals surface area (Å²) in [4.78, 5) is 11.7. The summed E-state index contributed by atoms with van der Waals surface area (Å²) in [5.74, 6) is 0.447. The van der Waals surface area contributed by atoms with Gasteiger partial charge < -0.3 is 10.6 Å². The molecule has 1 unspecified atom stereocenters. The molecule has 0 radical (unpaired) electrons. The van der Waals surface area contributed by atoms with Crippen LogP contribution in [0.25, 0.3) is 0 Å². The van der Waals surface area contributed by atoms with E-state index in [1.807, 2.05) is 12.1 Å². The highest BCUT2D eigenvalue weighted by Gasteiger charge is 2.22. The lowest BCUT2D eigenvalue weighted by molar-refractivity contribution is -0.116. The van der Waals surface area contributed by atoms with E-state index in [0.717, 1.165) is 11.4 Å². The minimum Gasteiger partial charge on any atom is -0.380 e. The minimum atomic E-state index is 0.0484. The van der Waals surface area contributed by atoms with Crippen LogP contribution >= 0.6 is 11.6 Å². The number of benzene rings is 1. The van der Waals surface area contributed by atoms with E-state index < -0.39 is 0 Å². The van der Waals surface area contributed by atoms with Crippen molar-refractivity contribution in [3.63, 3.8) is 0 Å². The number of amides is 1. The summed E-state index contributed by atoms with van der Waals surface area (Å²) in [6.45, 7) is 4.20. The maximum Gasteiger partial charge on any atom is 0.226 e. The van der Waals surface area contributed by atoms with E-state index in [-0.39, 0.29) is 11.9 Å². The zero-order valence-corrected chi connectivity index (χ0v) is 10.1. The largest absolute Gasteiger partial charge is 0.380 e. The standard InChI is InChI=1S/C12H15ClN2O/c1-7(2)10-6-12(16)15-9-4-3-8(13)5-11(9)14-10/h3-5,7,10,14H,6H2,1-2H3,(H,15,16). The van der Waals surface area contributed by atoms with E-state index in [9.17, 15) is 4.79 Å². The zero-order chi connectivity index (χ0) is 11.7. The molecule has 16 heavy (non-hydrogen) atoms. The fourth-order valence-electron chi connectivity index (χ4n) is 1.80. The summed E-state index contributed by atoms with van der Waals surface area (Å²) in [7, 11) is 0. The summed E-state index contributed by atoms with van der Waals surface area (Å²) in [6, 6.07) is 5.60. The van der Waals surface area contributed by atoms with Crippen molar-refractivity contribution in [3.05, 3.63) is 23.2 Å². The van der Waals surface area contributed by atoms with Gasteiger partial charge >= 0.3 is 0 Å².